The number of carbonyl (C=O) groups is 1. The third-order valence-electron chi connectivity index (χ3n) is 5.28. The first-order valence-electron chi connectivity index (χ1n) is 11.4. The molecule has 1 fully saturated rings. The summed E-state index contributed by atoms with van der Waals surface area (Å²) >= 11 is -1.40. The molecule has 0 aromatic heterocycles. The SMILES string of the molecule is COC1OC(COCO)CC(OCOCO)C1OSC(F)(F)C(F)(F)OC(F)(F)C(F)(F)CC(C)CCC(=O)O. The Kier molecular flexibility index (Phi) is 14.7. The van der Waals surface area contributed by atoms with Gasteiger partial charge in [-0.05, 0) is 12.3 Å². The Morgan fingerprint density at radius 2 is 1.68 bits per heavy atom. The molecule has 40 heavy (non-hydrogen) atoms. The lowest BCUT2D eigenvalue weighted by molar-refractivity contribution is -0.456. The molecule has 1 rings (SSSR count). The number of carboxylic acids is 1. The Hall–Kier alpha value is -1.10. The molecule has 238 valence electrons. The molecule has 20 heteroatoms. The Morgan fingerprint density at radius 1 is 1.05 bits per heavy atom. The number of carboxylic acid groups (broad SMARTS) is 1. The predicted octanol–water partition coefficient (Wildman–Crippen LogP) is 3.38. The number of aliphatic hydroxyl groups is 2. The second-order valence-electron chi connectivity index (χ2n) is 8.50. The van der Waals surface area contributed by atoms with Crippen LogP contribution in [0.2, 0.25) is 0 Å². The summed E-state index contributed by atoms with van der Waals surface area (Å²) in [6, 6.07) is 0. The second-order valence-corrected chi connectivity index (χ2v) is 9.37. The summed E-state index contributed by atoms with van der Waals surface area (Å²) in [5, 5.41) is 20.3. The summed E-state index contributed by atoms with van der Waals surface area (Å²) in [4.78, 5) is 10.5. The fourth-order valence-electron chi connectivity index (χ4n) is 3.30. The largest absolute Gasteiger partial charge is 0.481 e. The van der Waals surface area contributed by atoms with E-state index in [1.165, 1.54) is 0 Å². The number of hydrogen-bond acceptors (Lipinski definition) is 11. The van der Waals surface area contributed by atoms with E-state index in [0.29, 0.717) is 0 Å². The highest BCUT2D eigenvalue weighted by Crippen LogP contribution is 2.51. The van der Waals surface area contributed by atoms with Crippen molar-refractivity contribution in [2.75, 3.05) is 34.1 Å². The molecule has 1 aliphatic heterocycles. The van der Waals surface area contributed by atoms with E-state index in [4.69, 9.17) is 34.3 Å². The van der Waals surface area contributed by atoms with Crippen LogP contribution in [0.5, 0.6) is 0 Å². The van der Waals surface area contributed by atoms with Crippen LogP contribution in [0.1, 0.15) is 32.6 Å². The van der Waals surface area contributed by atoms with Gasteiger partial charge in [0.2, 0.25) is 0 Å². The van der Waals surface area contributed by atoms with Crippen LogP contribution in [-0.4, -0.2) is 103 Å². The van der Waals surface area contributed by atoms with Crippen molar-refractivity contribution >= 4 is 18.0 Å². The maximum Gasteiger partial charge on any atom is 0.436 e. The summed E-state index contributed by atoms with van der Waals surface area (Å²) in [6.07, 6.45) is -21.3. The van der Waals surface area contributed by atoms with E-state index in [1.807, 2.05) is 0 Å². The summed E-state index contributed by atoms with van der Waals surface area (Å²) < 4.78 is 145. The lowest BCUT2D eigenvalue weighted by atomic mass is 9.97. The monoisotopic (exact) mass is 630 g/mol. The van der Waals surface area contributed by atoms with Crippen LogP contribution in [0, 0.1) is 5.92 Å². The summed E-state index contributed by atoms with van der Waals surface area (Å²) in [5.41, 5.74) is 0. The molecule has 0 bridgehead atoms. The van der Waals surface area contributed by atoms with Gasteiger partial charge in [0, 0.05) is 26.4 Å². The number of ether oxygens (including phenoxy) is 6. The van der Waals surface area contributed by atoms with Crippen LogP contribution in [0.4, 0.5) is 35.1 Å². The number of hydrogen-bond donors (Lipinski definition) is 3. The van der Waals surface area contributed by atoms with Crippen molar-refractivity contribution in [3.63, 3.8) is 0 Å². The Bertz CT molecular complexity index is 768. The first kappa shape index (κ1) is 36.9. The van der Waals surface area contributed by atoms with E-state index in [0.717, 1.165) is 14.0 Å². The standard InChI is InChI=1S/C20H30F8O11S/c1-11(3-4-14(31)32)6-17(21,22)18(23,24)39-19(25,26)20(27,28)40-38-15-13(36-10-35-9-30)5-12(7-34-8-29)37-16(15)33-2/h11-13,15-16,29-30H,3-10H2,1-2H3,(H,31,32). The minimum absolute atomic E-state index is 0.247. The molecule has 0 spiro atoms. The third-order valence-corrected chi connectivity index (χ3v) is 6.05. The quantitative estimate of drug-likeness (QED) is 0.0786. The van der Waals surface area contributed by atoms with Gasteiger partial charge in [-0.3, -0.25) is 8.98 Å². The van der Waals surface area contributed by atoms with Gasteiger partial charge < -0.3 is 39.0 Å². The van der Waals surface area contributed by atoms with E-state index < -0.39 is 112 Å². The molecule has 5 unspecified atom stereocenters. The zero-order chi connectivity index (χ0) is 30.8. The molecule has 3 N–H and O–H groups in total. The van der Waals surface area contributed by atoms with Gasteiger partial charge in [0.1, 0.15) is 26.5 Å². The van der Waals surface area contributed by atoms with Gasteiger partial charge in [0.05, 0.1) is 30.9 Å². The Balaban J connectivity index is 2.98. The number of aliphatic hydroxyl groups excluding tert-OH is 2. The predicted molar refractivity (Wildman–Crippen MR) is 115 cm³/mol. The number of aliphatic carboxylic acids is 1. The van der Waals surface area contributed by atoms with Crippen molar-refractivity contribution in [3.05, 3.63) is 0 Å². The van der Waals surface area contributed by atoms with Gasteiger partial charge in [-0.1, -0.05) is 6.92 Å². The maximum atomic E-state index is 14.3. The highest BCUT2D eigenvalue weighted by Gasteiger charge is 2.70. The van der Waals surface area contributed by atoms with Crippen LogP contribution in [-0.2, 0) is 37.4 Å². The van der Waals surface area contributed by atoms with E-state index in [1.54, 1.807) is 0 Å². The van der Waals surface area contributed by atoms with Crippen LogP contribution >= 0.6 is 12.0 Å². The Labute approximate surface area is 227 Å². The average Bonchev–Trinajstić information content (AvgIpc) is 2.84. The molecule has 0 aliphatic carbocycles. The van der Waals surface area contributed by atoms with Crippen molar-refractivity contribution in [1.29, 1.82) is 0 Å². The first-order chi connectivity index (χ1) is 18.4. The number of methoxy groups -OCH3 is 1. The van der Waals surface area contributed by atoms with Gasteiger partial charge >= 0.3 is 29.4 Å². The smallest absolute Gasteiger partial charge is 0.436 e. The highest BCUT2D eigenvalue weighted by atomic mass is 32.2. The average molecular weight is 630 g/mol. The molecule has 0 saturated carbocycles. The van der Waals surface area contributed by atoms with Crippen molar-refractivity contribution in [2.24, 2.45) is 5.92 Å². The van der Waals surface area contributed by atoms with E-state index in [-0.39, 0.29) is 13.0 Å². The van der Waals surface area contributed by atoms with E-state index >= 15 is 0 Å². The third kappa shape index (κ3) is 11.0. The lowest BCUT2D eigenvalue weighted by Gasteiger charge is -2.40. The summed E-state index contributed by atoms with van der Waals surface area (Å²) in [5.74, 6) is -8.24. The van der Waals surface area contributed by atoms with Crippen LogP contribution in [0.15, 0.2) is 0 Å². The molecular weight excluding hydrogens is 600 g/mol. The van der Waals surface area contributed by atoms with E-state index in [2.05, 4.69) is 13.7 Å². The maximum absolute atomic E-state index is 14.3. The van der Waals surface area contributed by atoms with Gasteiger partial charge in [-0.2, -0.15) is 35.1 Å². The van der Waals surface area contributed by atoms with Crippen molar-refractivity contribution in [2.45, 2.75) is 80.6 Å². The zero-order valence-corrected chi connectivity index (χ0v) is 21.9. The lowest BCUT2D eigenvalue weighted by Crippen LogP contribution is -2.54. The molecule has 5 atom stereocenters. The zero-order valence-electron chi connectivity index (χ0n) is 21.1. The second kappa shape index (κ2) is 15.9. The summed E-state index contributed by atoms with van der Waals surface area (Å²) in [7, 11) is 0.998. The van der Waals surface area contributed by atoms with Crippen LogP contribution in [0.3, 0.4) is 0 Å². The first-order valence-corrected chi connectivity index (χ1v) is 12.1. The fraction of sp³-hybridized carbons (Fsp3) is 0.950. The van der Waals surface area contributed by atoms with Crippen molar-refractivity contribution in [3.8, 4) is 0 Å². The van der Waals surface area contributed by atoms with Gasteiger partial charge in [-0.25, -0.2) is 4.74 Å². The highest BCUT2D eigenvalue weighted by molar-refractivity contribution is 7.95. The molecular formula is C20H30F8O11S. The van der Waals surface area contributed by atoms with E-state index in [9.17, 15) is 39.9 Å². The van der Waals surface area contributed by atoms with Crippen molar-refractivity contribution in [1.82, 2.24) is 0 Å². The molecule has 0 radical (unpaired) electrons. The molecule has 0 amide bonds. The fourth-order valence-corrected chi connectivity index (χ4v) is 3.89. The molecule has 1 heterocycles. The molecule has 1 saturated heterocycles. The molecule has 11 nitrogen and oxygen atoms in total. The normalized spacial score (nSPS) is 23.8. The van der Waals surface area contributed by atoms with Gasteiger partial charge in [-0.15, -0.1) is 0 Å². The van der Waals surface area contributed by atoms with Crippen molar-refractivity contribution < 1.29 is 87.8 Å². The minimum Gasteiger partial charge on any atom is -0.481 e. The van der Waals surface area contributed by atoms with Crippen LogP contribution in [0.25, 0.3) is 0 Å². The van der Waals surface area contributed by atoms with Gasteiger partial charge in [0.15, 0.2) is 6.29 Å². The minimum atomic E-state index is -6.22. The molecule has 0 aromatic rings. The number of halogens is 8. The number of alkyl halides is 8. The molecule has 1 aliphatic rings. The van der Waals surface area contributed by atoms with Crippen LogP contribution < -0.4 is 0 Å². The Morgan fingerprint density at radius 3 is 2.23 bits per heavy atom. The molecule has 0 aromatic carbocycles. The van der Waals surface area contributed by atoms with Gasteiger partial charge in [0.25, 0.3) is 0 Å². The topological polar surface area (TPSA) is 142 Å². The summed E-state index contributed by atoms with van der Waals surface area (Å²) in [6.45, 7) is -1.53. The number of rotatable bonds is 20.